The molecule has 1 atom stereocenters. The van der Waals surface area contributed by atoms with Crippen LogP contribution in [0.5, 0.6) is 5.75 Å². The minimum absolute atomic E-state index is 0.451. The highest BCUT2D eigenvalue weighted by atomic mass is 16.5. The van der Waals surface area contributed by atoms with Crippen molar-refractivity contribution in [1.82, 2.24) is 10.1 Å². The number of nitrogens with zero attached hydrogens (tertiary/aromatic N) is 2. The second-order valence-electron chi connectivity index (χ2n) is 4.66. The molecule has 1 unspecified atom stereocenters. The second-order valence-corrected chi connectivity index (χ2v) is 4.66. The fourth-order valence-corrected chi connectivity index (χ4v) is 1.62. The number of benzene rings is 1. The summed E-state index contributed by atoms with van der Waals surface area (Å²) in [6.07, 6.45) is 0.730. The van der Waals surface area contributed by atoms with E-state index in [-0.39, 0.29) is 0 Å². The first-order chi connectivity index (χ1) is 9.06. The quantitative estimate of drug-likeness (QED) is 0.895. The lowest BCUT2D eigenvalue weighted by atomic mass is 10.0. The summed E-state index contributed by atoms with van der Waals surface area (Å²) >= 11 is 0. The molecule has 2 rings (SSSR count). The molecular weight excluding hydrogens is 242 g/mol. The Kier molecular flexibility index (Phi) is 3.85. The van der Waals surface area contributed by atoms with E-state index in [1.165, 1.54) is 0 Å². The Bertz CT molecular complexity index is 549. The van der Waals surface area contributed by atoms with Crippen LogP contribution in [0.4, 0.5) is 0 Å². The third-order valence-electron chi connectivity index (χ3n) is 3.05. The first-order valence-electron chi connectivity index (χ1n) is 6.43. The molecule has 0 radical (unpaired) electrons. The van der Waals surface area contributed by atoms with Crippen LogP contribution in [0.2, 0.25) is 0 Å². The summed E-state index contributed by atoms with van der Waals surface area (Å²) in [5.74, 6) is 1.77. The molecule has 0 aliphatic carbocycles. The predicted molar refractivity (Wildman–Crippen MR) is 72.7 cm³/mol. The SMILES string of the molecule is CCOc1cccc(-c2noc(C(C)(N)CC)n2)c1. The van der Waals surface area contributed by atoms with Crippen LogP contribution in [-0.4, -0.2) is 16.7 Å². The lowest BCUT2D eigenvalue weighted by molar-refractivity contribution is 0.291. The number of rotatable bonds is 5. The van der Waals surface area contributed by atoms with E-state index in [0.717, 1.165) is 17.7 Å². The van der Waals surface area contributed by atoms with Crippen molar-refractivity contribution in [2.24, 2.45) is 5.73 Å². The number of ether oxygens (including phenoxy) is 1. The molecule has 102 valence electrons. The van der Waals surface area contributed by atoms with Crippen LogP contribution in [-0.2, 0) is 5.54 Å². The van der Waals surface area contributed by atoms with Crippen molar-refractivity contribution in [3.8, 4) is 17.1 Å². The Morgan fingerprint density at radius 2 is 2.16 bits per heavy atom. The Hall–Kier alpha value is -1.88. The van der Waals surface area contributed by atoms with E-state index in [1.807, 2.05) is 45.0 Å². The van der Waals surface area contributed by atoms with Gasteiger partial charge >= 0.3 is 0 Å². The van der Waals surface area contributed by atoms with Crippen molar-refractivity contribution in [2.45, 2.75) is 32.7 Å². The Labute approximate surface area is 112 Å². The normalized spacial score (nSPS) is 14.1. The van der Waals surface area contributed by atoms with E-state index >= 15 is 0 Å². The summed E-state index contributed by atoms with van der Waals surface area (Å²) in [6.45, 7) is 6.43. The lowest BCUT2D eigenvalue weighted by Gasteiger charge is -2.16. The minimum Gasteiger partial charge on any atom is -0.494 e. The van der Waals surface area contributed by atoms with Gasteiger partial charge in [-0.2, -0.15) is 4.98 Å². The zero-order valence-electron chi connectivity index (χ0n) is 11.5. The molecule has 2 N–H and O–H groups in total. The van der Waals surface area contributed by atoms with E-state index < -0.39 is 5.54 Å². The van der Waals surface area contributed by atoms with Crippen molar-refractivity contribution in [1.29, 1.82) is 0 Å². The van der Waals surface area contributed by atoms with Crippen LogP contribution in [0, 0.1) is 0 Å². The summed E-state index contributed by atoms with van der Waals surface area (Å²) in [5, 5.41) is 3.98. The summed E-state index contributed by atoms with van der Waals surface area (Å²) in [7, 11) is 0. The summed E-state index contributed by atoms with van der Waals surface area (Å²) < 4.78 is 10.7. The molecule has 1 aromatic heterocycles. The Morgan fingerprint density at radius 1 is 1.37 bits per heavy atom. The Morgan fingerprint density at radius 3 is 2.84 bits per heavy atom. The van der Waals surface area contributed by atoms with Crippen LogP contribution in [0.15, 0.2) is 28.8 Å². The second kappa shape index (κ2) is 5.40. The molecule has 5 heteroatoms. The fraction of sp³-hybridized carbons (Fsp3) is 0.429. The van der Waals surface area contributed by atoms with Crippen LogP contribution in [0.25, 0.3) is 11.4 Å². The topological polar surface area (TPSA) is 74.2 Å². The van der Waals surface area contributed by atoms with Crippen molar-refractivity contribution >= 4 is 0 Å². The van der Waals surface area contributed by atoms with E-state index in [1.54, 1.807) is 0 Å². The smallest absolute Gasteiger partial charge is 0.246 e. The van der Waals surface area contributed by atoms with Crippen molar-refractivity contribution in [3.63, 3.8) is 0 Å². The van der Waals surface area contributed by atoms with Crippen LogP contribution < -0.4 is 10.5 Å². The number of hydrogen-bond donors (Lipinski definition) is 1. The first kappa shape index (κ1) is 13.5. The maximum Gasteiger partial charge on any atom is 0.246 e. The molecule has 0 saturated carbocycles. The molecule has 5 nitrogen and oxygen atoms in total. The van der Waals surface area contributed by atoms with E-state index in [9.17, 15) is 0 Å². The number of hydrogen-bond acceptors (Lipinski definition) is 5. The van der Waals surface area contributed by atoms with Gasteiger partial charge in [0.2, 0.25) is 11.7 Å². The van der Waals surface area contributed by atoms with E-state index in [2.05, 4.69) is 10.1 Å². The molecule has 19 heavy (non-hydrogen) atoms. The largest absolute Gasteiger partial charge is 0.494 e. The maximum absolute atomic E-state index is 6.09. The minimum atomic E-state index is -0.594. The lowest BCUT2D eigenvalue weighted by Crippen LogP contribution is -2.32. The average molecular weight is 261 g/mol. The predicted octanol–water partition coefficient (Wildman–Crippen LogP) is 2.72. The number of nitrogens with two attached hydrogens (primary N) is 1. The standard InChI is InChI=1S/C14H19N3O2/c1-4-14(3,15)13-16-12(17-19-13)10-7-6-8-11(9-10)18-5-2/h6-9H,4-5,15H2,1-3H3. The van der Waals surface area contributed by atoms with Gasteiger partial charge in [0.05, 0.1) is 12.1 Å². The van der Waals surface area contributed by atoms with Gasteiger partial charge in [0.15, 0.2) is 0 Å². The van der Waals surface area contributed by atoms with Gasteiger partial charge < -0.3 is 15.0 Å². The van der Waals surface area contributed by atoms with Gasteiger partial charge in [0.25, 0.3) is 0 Å². The van der Waals surface area contributed by atoms with Gasteiger partial charge in [-0.05, 0) is 32.4 Å². The van der Waals surface area contributed by atoms with Gasteiger partial charge in [-0.1, -0.05) is 24.2 Å². The molecule has 2 aromatic rings. The monoisotopic (exact) mass is 261 g/mol. The van der Waals surface area contributed by atoms with Gasteiger partial charge in [-0.25, -0.2) is 0 Å². The third kappa shape index (κ3) is 2.93. The van der Waals surface area contributed by atoms with Crippen LogP contribution >= 0.6 is 0 Å². The summed E-state index contributed by atoms with van der Waals surface area (Å²) in [5.41, 5.74) is 6.35. The molecule has 0 aliphatic heterocycles. The van der Waals surface area contributed by atoms with Gasteiger partial charge in [-0.15, -0.1) is 0 Å². The fourth-order valence-electron chi connectivity index (χ4n) is 1.62. The molecule has 1 heterocycles. The first-order valence-corrected chi connectivity index (χ1v) is 6.43. The zero-order chi connectivity index (χ0) is 13.9. The van der Waals surface area contributed by atoms with Crippen molar-refractivity contribution in [3.05, 3.63) is 30.2 Å². The van der Waals surface area contributed by atoms with Gasteiger partial charge in [-0.3, -0.25) is 0 Å². The van der Waals surface area contributed by atoms with E-state index in [0.29, 0.717) is 18.3 Å². The van der Waals surface area contributed by atoms with Crippen LogP contribution in [0.1, 0.15) is 33.1 Å². The van der Waals surface area contributed by atoms with Gasteiger partial charge in [0.1, 0.15) is 5.75 Å². The molecule has 0 fully saturated rings. The molecule has 0 bridgehead atoms. The highest BCUT2D eigenvalue weighted by Crippen LogP contribution is 2.25. The Balaban J connectivity index is 2.30. The molecule has 0 spiro atoms. The van der Waals surface area contributed by atoms with Crippen molar-refractivity contribution < 1.29 is 9.26 Å². The average Bonchev–Trinajstić information content (AvgIpc) is 2.90. The highest BCUT2D eigenvalue weighted by Gasteiger charge is 2.26. The third-order valence-corrected chi connectivity index (χ3v) is 3.05. The highest BCUT2D eigenvalue weighted by molar-refractivity contribution is 5.56. The van der Waals surface area contributed by atoms with E-state index in [4.69, 9.17) is 15.0 Å². The summed E-state index contributed by atoms with van der Waals surface area (Å²) in [4.78, 5) is 4.37. The number of aromatic nitrogens is 2. The van der Waals surface area contributed by atoms with Gasteiger partial charge in [0, 0.05) is 5.56 Å². The van der Waals surface area contributed by atoms with Crippen LogP contribution in [0.3, 0.4) is 0 Å². The molecule has 0 aliphatic rings. The molecular formula is C14H19N3O2. The summed E-state index contributed by atoms with van der Waals surface area (Å²) in [6, 6.07) is 7.60. The van der Waals surface area contributed by atoms with Crippen molar-refractivity contribution in [2.75, 3.05) is 6.61 Å². The molecule has 0 amide bonds. The maximum atomic E-state index is 6.09. The molecule has 0 saturated heterocycles. The molecule has 1 aromatic carbocycles. The zero-order valence-corrected chi connectivity index (χ0v) is 11.5.